The number of carbonyl (C=O) groups is 5. The molecule has 0 bridgehead atoms. The molecule has 394 valence electrons. The molecule has 2 fully saturated rings. The zero-order chi connectivity index (χ0) is 53.6. The zero-order valence-electron chi connectivity index (χ0n) is 42.1. The van der Waals surface area contributed by atoms with Crippen molar-refractivity contribution in [1.29, 1.82) is 0 Å². The summed E-state index contributed by atoms with van der Waals surface area (Å²) in [5.74, 6) is 0.991. The van der Waals surface area contributed by atoms with Gasteiger partial charge in [-0.15, -0.1) is 0 Å². The number of likely N-dealkylation sites (N-methyl/N-ethyl adjacent to an activating group) is 2. The number of methoxy groups -OCH3 is 1. The van der Waals surface area contributed by atoms with Crippen LogP contribution in [0.3, 0.4) is 0 Å². The van der Waals surface area contributed by atoms with E-state index in [0.717, 1.165) is 12.1 Å². The summed E-state index contributed by atoms with van der Waals surface area (Å²) in [6.07, 6.45) is 1.83. The van der Waals surface area contributed by atoms with Crippen molar-refractivity contribution < 1.29 is 47.7 Å². The van der Waals surface area contributed by atoms with Crippen molar-refractivity contribution in [3.05, 3.63) is 115 Å². The van der Waals surface area contributed by atoms with Gasteiger partial charge in [0.2, 0.25) is 12.3 Å². The minimum absolute atomic E-state index is 0.0908. The van der Waals surface area contributed by atoms with Gasteiger partial charge >= 0.3 is 18.0 Å². The molecule has 0 unspecified atom stereocenters. The summed E-state index contributed by atoms with van der Waals surface area (Å²) in [5.41, 5.74) is 5.66. The smallest absolute Gasteiger partial charge is 0.337 e. The third-order valence-electron chi connectivity index (χ3n) is 11.9. The average Bonchev–Trinajstić information content (AvgIpc) is 3.95. The molecule has 7 aromatic rings. The van der Waals surface area contributed by atoms with E-state index in [0.29, 0.717) is 134 Å². The van der Waals surface area contributed by atoms with Gasteiger partial charge in [-0.1, -0.05) is 0 Å². The Hall–Kier alpha value is -9.26. The maximum Gasteiger partial charge on any atom is 0.337 e. The largest absolute Gasteiger partial charge is 0.492 e. The maximum absolute atomic E-state index is 12.6. The highest BCUT2D eigenvalue weighted by Gasteiger charge is 2.23. The number of anilines is 7. The number of hydrogen-bond donors (Lipinski definition) is 6. The summed E-state index contributed by atoms with van der Waals surface area (Å²) in [6, 6.07) is 26.2. The summed E-state index contributed by atoms with van der Waals surface area (Å²) < 4.78 is 21.0. The van der Waals surface area contributed by atoms with Crippen molar-refractivity contribution in [3.8, 4) is 28.7 Å². The molecule has 76 heavy (non-hydrogen) atoms. The van der Waals surface area contributed by atoms with Crippen LogP contribution >= 0.6 is 0 Å². The minimum Gasteiger partial charge on any atom is -0.492 e. The molecule has 2 aliphatic rings. The van der Waals surface area contributed by atoms with Crippen LogP contribution in [0.15, 0.2) is 108 Å². The van der Waals surface area contributed by atoms with Gasteiger partial charge in [-0.2, -0.15) is 9.97 Å². The number of nitrogens with zero attached hydrogens (tertiary/aromatic N) is 9. The number of ether oxygens (including phenoxy) is 3. The lowest BCUT2D eigenvalue weighted by Gasteiger charge is -2.29. The van der Waals surface area contributed by atoms with E-state index in [1.165, 1.54) is 13.5 Å². The molecule has 6 amide bonds. The fraction of sp³-hybridized carbons (Fsp3) is 0.269. The van der Waals surface area contributed by atoms with Gasteiger partial charge in [0, 0.05) is 85.8 Å². The number of carbonyl (C=O) groups excluding carboxylic acids is 5. The topological polar surface area (TPSA) is 284 Å². The van der Waals surface area contributed by atoms with Gasteiger partial charge in [0.25, 0.3) is 11.6 Å². The van der Waals surface area contributed by atoms with Crippen LogP contribution in [0.5, 0.6) is 5.88 Å². The number of nitrogens with one attached hydrogen (secondary N) is 5. The van der Waals surface area contributed by atoms with E-state index in [4.69, 9.17) is 18.9 Å². The van der Waals surface area contributed by atoms with Crippen LogP contribution in [-0.2, 0) is 19.0 Å². The van der Waals surface area contributed by atoms with Crippen molar-refractivity contribution in [3.63, 3.8) is 0 Å². The first-order valence-electron chi connectivity index (χ1n) is 24.0. The van der Waals surface area contributed by atoms with Crippen molar-refractivity contribution in [2.75, 3.05) is 130 Å². The molecular formula is C52H56N14O10. The van der Waals surface area contributed by atoms with Crippen LogP contribution in [0, 0.1) is 0 Å². The zero-order valence-corrected chi connectivity index (χ0v) is 42.1. The van der Waals surface area contributed by atoms with Crippen molar-refractivity contribution >= 4 is 81.7 Å². The van der Waals surface area contributed by atoms with Crippen LogP contribution in [0.2, 0.25) is 0 Å². The highest BCUT2D eigenvalue weighted by Crippen LogP contribution is 2.35. The fourth-order valence-electron chi connectivity index (χ4n) is 7.80. The minimum atomic E-state index is -0.451. The van der Waals surface area contributed by atoms with Gasteiger partial charge in [0.05, 0.1) is 39.1 Å². The Morgan fingerprint density at radius 2 is 1.09 bits per heavy atom. The SMILES string of the molecule is CN(C)CCN(C)C(=O)c1ccc(NC(=O)Nc2ccc(-c3nc(O)c(NC=O)c(N4CCOCC4)n3)cc2)cc1.COC(=O)c1ccc(NC(=O)Nc2ccc(-c3nc(N4CCOCC4)c4ncoc4n3)cc2)cc1. The van der Waals surface area contributed by atoms with Gasteiger partial charge in [0.1, 0.15) is 5.69 Å². The Balaban J connectivity index is 0.000000204. The molecule has 0 spiro atoms. The molecule has 9 rings (SSSR count). The molecule has 5 heterocycles. The van der Waals surface area contributed by atoms with Crippen LogP contribution in [0.4, 0.5) is 49.7 Å². The molecule has 4 aromatic carbocycles. The molecule has 2 saturated heterocycles. The van der Waals surface area contributed by atoms with Crippen molar-refractivity contribution in [2.45, 2.75) is 0 Å². The molecular weight excluding hydrogens is 981 g/mol. The fourth-order valence-corrected chi connectivity index (χ4v) is 7.80. The number of aromatic nitrogens is 5. The van der Waals surface area contributed by atoms with Crippen molar-refractivity contribution in [1.82, 2.24) is 34.7 Å². The maximum atomic E-state index is 12.6. The summed E-state index contributed by atoms with van der Waals surface area (Å²) in [7, 11) is 6.98. The first kappa shape index (κ1) is 53.0. The number of urea groups is 2. The molecule has 6 N–H and O–H groups in total. The monoisotopic (exact) mass is 1040 g/mol. The molecule has 24 heteroatoms. The number of oxazole rings is 1. The van der Waals surface area contributed by atoms with Gasteiger partial charge < -0.3 is 69.9 Å². The molecule has 0 saturated carbocycles. The molecule has 2 aliphatic heterocycles. The summed E-state index contributed by atoms with van der Waals surface area (Å²) in [5, 5.41) is 24.0. The Kier molecular flexibility index (Phi) is 17.5. The van der Waals surface area contributed by atoms with Crippen LogP contribution in [0.25, 0.3) is 34.0 Å². The van der Waals surface area contributed by atoms with E-state index in [1.807, 2.05) is 36.0 Å². The van der Waals surface area contributed by atoms with Crippen LogP contribution < -0.4 is 36.4 Å². The second-order valence-electron chi connectivity index (χ2n) is 17.4. The van der Waals surface area contributed by atoms with E-state index in [2.05, 4.69) is 56.2 Å². The molecule has 24 nitrogen and oxygen atoms in total. The Labute approximate surface area is 436 Å². The van der Waals surface area contributed by atoms with Gasteiger partial charge in [0.15, 0.2) is 35.2 Å². The average molecular weight is 1040 g/mol. The number of esters is 1. The van der Waals surface area contributed by atoms with Crippen LogP contribution in [-0.4, -0.2) is 164 Å². The van der Waals surface area contributed by atoms with Gasteiger partial charge in [-0.05, 0) is 111 Å². The lowest BCUT2D eigenvalue weighted by atomic mass is 10.2. The van der Waals surface area contributed by atoms with Crippen molar-refractivity contribution in [2.24, 2.45) is 0 Å². The molecule has 3 aromatic heterocycles. The highest BCUT2D eigenvalue weighted by atomic mass is 16.5. The summed E-state index contributed by atoms with van der Waals surface area (Å²) in [6.45, 7) is 6.13. The number of amides is 6. The number of hydrogen-bond acceptors (Lipinski definition) is 18. The van der Waals surface area contributed by atoms with Crippen LogP contribution in [0.1, 0.15) is 20.7 Å². The van der Waals surface area contributed by atoms with E-state index in [1.54, 1.807) is 96.9 Å². The number of aromatic hydroxyl groups is 1. The number of morpholine rings is 2. The molecule has 0 aliphatic carbocycles. The Morgan fingerprint density at radius 3 is 1.58 bits per heavy atom. The third kappa shape index (κ3) is 13.7. The third-order valence-corrected chi connectivity index (χ3v) is 11.9. The molecule has 0 atom stereocenters. The normalized spacial score (nSPS) is 13.2. The standard InChI is InChI=1S/C28H34N8O5.C24H22N6O5/c1-34(2)12-13-35(3)27(39)20-6-10-22(11-7-20)31-28(40)30-21-8-4-19(5-9-21)24-32-25(36-14-16-41-17-15-36)23(29-18-37)26(38)33-24;1-33-23(31)16-4-8-18(9-5-16)27-24(32)26-17-6-2-15(3-7-17)20-28-21(30-10-12-34-13-11-30)19-22(29-20)35-14-25-19/h4-11,18H,12-17H2,1-3H3,(H,29,37)(H2,30,31,40)(H,32,33,38);2-9,14H,10-13H2,1H3,(H2,26,27,32). The first-order valence-corrected chi connectivity index (χ1v) is 24.0. The Morgan fingerprint density at radius 1 is 0.632 bits per heavy atom. The van der Waals surface area contributed by atoms with E-state index >= 15 is 0 Å². The predicted octanol–water partition coefficient (Wildman–Crippen LogP) is 6.08. The second kappa shape index (κ2) is 25.1. The summed E-state index contributed by atoms with van der Waals surface area (Å²) in [4.78, 5) is 90.1. The molecule has 0 radical (unpaired) electrons. The summed E-state index contributed by atoms with van der Waals surface area (Å²) >= 11 is 0. The highest BCUT2D eigenvalue weighted by molar-refractivity contribution is 6.01. The lowest BCUT2D eigenvalue weighted by Crippen LogP contribution is -2.37. The van der Waals surface area contributed by atoms with E-state index in [9.17, 15) is 29.1 Å². The van der Waals surface area contributed by atoms with E-state index in [-0.39, 0.29) is 23.3 Å². The number of fused-ring (bicyclic) bond motifs is 1. The number of benzene rings is 4. The Bertz CT molecular complexity index is 3130. The predicted molar refractivity (Wildman–Crippen MR) is 285 cm³/mol. The van der Waals surface area contributed by atoms with E-state index < -0.39 is 18.0 Å². The first-order chi connectivity index (χ1) is 36.8. The van der Waals surface area contributed by atoms with Gasteiger partial charge in [-0.25, -0.2) is 29.3 Å². The second-order valence-corrected chi connectivity index (χ2v) is 17.4. The lowest BCUT2D eigenvalue weighted by molar-refractivity contribution is -0.105. The number of rotatable bonds is 15. The van der Waals surface area contributed by atoms with Gasteiger partial charge in [-0.3, -0.25) is 9.59 Å². The quantitative estimate of drug-likeness (QED) is 0.0501.